The second-order valence-electron chi connectivity index (χ2n) is 6.47. The maximum absolute atomic E-state index is 13.9. The molecule has 3 aromatic rings. The standard InChI is InChI=1S/C20H18ClFN2O2/c21-16-7-5-15(6-8-16)20(9-11-25-12-10-20)19-24-23-18(26-19)13-14-3-1-2-4-17(14)22/h1-8H,9-13H2. The Kier molecular flexibility index (Phi) is 4.74. The smallest absolute Gasteiger partial charge is 0.227 e. The lowest BCUT2D eigenvalue weighted by Gasteiger charge is -2.34. The predicted octanol–water partition coefficient (Wildman–Crippen LogP) is 4.55. The Morgan fingerprint density at radius 3 is 2.46 bits per heavy atom. The molecule has 0 N–H and O–H groups in total. The zero-order valence-electron chi connectivity index (χ0n) is 14.1. The van der Waals surface area contributed by atoms with E-state index >= 15 is 0 Å². The first-order valence-electron chi connectivity index (χ1n) is 8.57. The third-order valence-corrected chi connectivity index (χ3v) is 5.17. The lowest BCUT2D eigenvalue weighted by atomic mass is 9.74. The van der Waals surface area contributed by atoms with Crippen LogP contribution in [0, 0.1) is 5.82 Å². The summed E-state index contributed by atoms with van der Waals surface area (Å²) in [5.74, 6) is 0.685. The van der Waals surface area contributed by atoms with Crippen LogP contribution in [0.2, 0.25) is 5.02 Å². The zero-order chi connectivity index (χ0) is 18.0. The van der Waals surface area contributed by atoms with Crippen molar-refractivity contribution in [2.45, 2.75) is 24.7 Å². The van der Waals surface area contributed by atoms with E-state index in [0.717, 1.165) is 18.4 Å². The van der Waals surface area contributed by atoms with E-state index in [1.807, 2.05) is 24.3 Å². The van der Waals surface area contributed by atoms with Crippen LogP contribution in [0.15, 0.2) is 52.9 Å². The van der Waals surface area contributed by atoms with Crippen molar-refractivity contribution in [2.75, 3.05) is 13.2 Å². The van der Waals surface area contributed by atoms with E-state index in [0.29, 0.717) is 35.6 Å². The molecule has 0 unspecified atom stereocenters. The number of benzene rings is 2. The Bertz CT molecular complexity index is 889. The number of rotatable bonds is 4. The van der Waals surface area contributed by atoms with E-state index in [1.165, 1.54) is 6.07 Å². The van der Waals surface area contributed by atoms with Gasteiger partial charge in [-0.1, -0.05) is 41.9 Å². The average Bonchev–Trinajstić information content (AvgIpc) is 3.14. The third-order valence-electron chi connectivity index (χ3n) is 4.92. The molecule has 4 nitrogen and oxygen atoms in total. The van der Waals surface area contributed by atoms with Gasteiger partial charge in [-0.2, -0.15) is 0 Å². The van der Waals surface area contributed by atoms with Crippen molar-refractivity contribution in [3.63, 3.8) is 0 Å². The molecular formula is C20H18ClFN2O2. The molecular weight excluding hydrogens is 355 g/mol. The van der Waals surface area contributed by atoms with E-state index in [1.54, 1.807) is 18.2 Å². The fourth-order valence-corrected chi connectivity index (χ4v) is 3.56. The van der Waals surface area contributed by atoms with Crippen LogP contribution in [0.3, 0.4) is 0 Å². The Hall–Kier alpha value is -2.24. The highest BCUT2D eigenvalue weighted by Gasteiger charge is 2.41. The summed E-state index contributed by atoms with van der Waals surface area (Å²) in [6.07, 6.45) is 1.76. The van der Waals surface area contributed by atoms with Crippen molar-refractivity contribution in [1.29, 1.82) is 0 Å². The van der Waals surface area contributed by atoms with Gasteiger partial charge in [0.05, 0.1) is 11.8 Å². The zero-order valence-corrected chi connectivity index (χ0v) is 14.9. The van der Waals surface area contributed by atoms with Crippen LogP contribution >= 0.6 is 11.6 Å². The molecule has 134 valence electrons. The fraction of sp³-hybridized carbons (Fsp3) is 0.300. The van der Waals surface area contributed by atoms with Gasteiger partial charge >= 0.3 is 0 Å². The summed E-state index contributed by atoms with van der Waals surface area (Å²) in [4.78, 5) is 0. The largest absolute Gasteiger partial charge is 0.424 e. The van der Waals surface area contributed by atoms with Crippen LogP contribution in [-0.2, 0) is 16.6 Å². The molecule has 1 fully saturated rings. The minimum Gasteiger partial charge on any atom is -0.424 e. The van der Waals surface area contributed by atoms with Gasteiger partial charge in [-0.3, -0.25) is 0 Å². The van der Waals surface area contributed by atoms with Crippen molar-refractivity contribution >= 4 is 11.6 Å². The van der Waals surface area contributed by atoms with Crippen molar-refractivity contribution in [1.82, 2.24) is 10.2 Å². The second-order valence-corrected chi connectivity index (χ2v) is 6.91. The molecule has 1 aliphatic rings. The highest BCUT2D eigenvalue weighted by atomic mass is 35.5. The molecule has 0 amide bonds. The Balaban J connectivity index is 1.68. The minimum absolute atomic E-state index is 0.271. The van der Waals surface area contributed by atoms with Gasteiger partial charge in [0.25, 0.3) is 0 Å². The first-order valence-corrected chi connectivity index (χ1v) is 8.95. The molecule has 4 rings (SSSR count). The number of hydrogen-bond acceptors (Lipinski definition) is 4. The van der Waals surface area contributed by atoms with Crippen LogP contribution in [-0.4, -0.2) is 23.4 Å². The Morgan fingerprint density at radius 2 is 1.73 bits per heavy atom. The molecule has 0 saturated carbocycles. The summed E-state index contributed by atoms with van der Waals surface area (Å²) in [6.45, 7) is 1.24. The summed E-state index contributed by atoms with van der Waals surface area (Å²) in [6, 6.07) is 14.3. The quantitative estimate of drug-likeness (QED) is 0.674. The van der Waals surface area contributed by atoms with Crippen molar-refractivity contribution in [3.05, 3.63) is 82.3 Å². The SMILES string of the molecule is Fc1ccccc1Cc1nnc(C2(c3ccc(Cl)cc3)CCOCC2)o1. The topological polar surface area (TPSA) is 48.2 Å². The monoisotopic (exact) mass is 372 g/mol. The Morgan fingerprint density at radius 1 is 1.00 bits per heavy atom. The molecule has 0 atom stereocenters. The van der Waals surface area contributed by atoms with Gasteiger partial charge in [-0.15, -0.1) is 10.2 Å². The lowest BCUT2D eigenvalue weighted by Crippen LogP contribution is -2.35. The molecule has 1 aromatic heterocycles. The second kappa shape index (κ2) is 7.17. The third kappa shape index (κ3) is 3.24. The van der Waals surface area contributed by atoms with Crippen LogP contribution in [0.4, 0.5) is 4.39 Å². The van der Waals surface area contributed by atoms with Crippen molar-refractivity contribution < 1.29 is 13.5 Å². The highest BCUT2D eigenvalue weighted by molar-refractivity contribution is 6.30. The number of hydrogen-bond donors (Lipinski definition) is 0. The molecule has 0 aliphatic carbocycles. The summed E-state index contributed by atoms with van der Waals surface area (Å²) >= 11 is 6.04. The molecule has 1 saturated heterocycles. The van der Waals surface area contributed by atoms with Crippen molar-refractivity contribution in [2.24, 2.45) is 0 Å². The number of ether oxygens (including phenoxy) is 1. The molecule has 0 radical (unpaired) electrons. The van der Waals surface area contributed by atoms with Crippen LogP contribution < -0.4 is 0 Å². The number of nitrogens with zero attached hydrogens (tertiary/aromatic N) is 2. The summed E-state index contributed by atoms with van der Waals surface area (Å²) in [7, 11) is 0. The molecule has 2 heterocycles. The predicted molar refractivity (Wildman–Crippen MR) is 95.8 cm³/mol. The van der Waals surface area contributed by atoms with E-state index < -0.39 is 5.41 Å². The van der Waals surface area contributed by atoms with Gasteiger partial charge in [0.15, 0.2) is 0 Å². The van der Waals surface area contributed by atoms with Crippen molar-refractivity contribution in [3.8, 4) is 0 Å². The van der Waals surface area contributed by atoms with E-state index in [2.05, 4.69) is 10.2 Å². The fourth-order valence-electron chi connectivity index (χ4n) is 3.44. The first-order chi connectivity index (χ1) is 12.7. The van der Waals surface area contributed by atoms with Gasteiger partial charge in [0.1, 0.15) is 5.82 Å². The Labute approximate surface area is 156 Å². The molecule has 2 aromatic carbocycles. The maximum atomic E-state index is 13.9. The van der Waals surface area contributed by atoms with Gasteiger partial charge < -0.3 is 9.15 Å². The van der Waals surface area contributed by atoms with Gasteiger partial charge in [-0.25, -0.2) is 4.39 Å². The average molecular weight is 373 g/mol. The molecule has 1 aliphatic heterocycles. The minimum atomic E-state index is -0.399. The number of aromatic nitrogens is 2. The maximum Gasteiger partial charge on any atom is 0.227 e. The van der Waals surface area contributed by atoms with E-state index in [4.69, 9.17) is 20.8 Å². The van der Waals surface area contributed by atoms with Gasteiger partial charge in [0, 0.05) is 18.2 Å². The normalized spacial score (nSPS) is 16.5. The van der Waals surface area contributed by atoms with Crippen LogP contribution in [0.25, 0.3) is 0 Å². The van der Waals surface area contributed by atoms with E-state index in [-0.39, 0.29) is 12.2 Å². The summed E-state index contributed by atoms with van der Waals surface area (Å²) in [5, 5.41) is 9.16. The van der Waals surface area contributed by atoms with E-state index in [9.17, 15) is 4.39 Å². The first kappa shape index (κ1) is 17.2. The van der Waals surface area contributed by atoms with Crippen LogP contribution in [0.5, 0.6) is 0 Å². The molecule has 26 heavy (non-hydrogen) atoms. The molecule has 0 bridgehead atoms. The summed E-state index contributed by atoms with van der Waals surface area (Å²) < 4.78 is 25.4. The van der Waals surface area contributed by atoms with Gasteiger partial charge in [0.2, 0.25) is 11.8 Å². The summed E-state index contributed by atoms with van der Waals surface area (Å²) in [5.41, 5.74) is 1.21. The van der Waals surface area contributed by atoms with Crippen LogP contribution in [0.1, 0.15) is 35.7 Å². The van der Waals surface area contributed by atoms with Gasteiger partial charge in [-0.05, 0) is 42.2 Å². The number of halogens is 2. The highest BCUT2D eigenvalue weighted by Crippen LogP contribution is 2.41. The molecule has 0 spiro atoms. The molecule has 6 heteroatoms. The lowest BCUT2D eigenvalue weighted by molar-refractivity contribution is 0.0541.